The summed E-state index contributed by atoms with van der Waals surface area (Å²) in [6.07, 6.45) is 5.80. The van der Waals surface area contributed by atoms with Crippen molar-refractivity contribution in [1.82, 2.24) is 9.97 Å². The van der Waals surface area contributed by atoms with Gasteiger partial charge in [-0.2, -0.15) is 0 Å². The van der Waals surface area contributed by atoms with Crippen molar-refractivity contribution < 1.29 is 4.79 Å². The molecule has 2 rings (SSSR count). The molecule has 0 spiro atoms. The molecule has 0 amide bonds. The van der Waals surface area contributed by atoms with Gasteiger partial charge in [0.2, 0.25) is 0 Å². The molecule has 0 aliphatic heterocycles. The van der Waals surface area contributed by atoms with Crippen LogP contribution in [-0.4, -0.2) is 15.8 Å². The first-order chi connectivity index (χ1) is 8.25. The molecule has 17 heavy (non-hydrogen) atoms. The molecule has 0 aliphatic carbocycles. The van der Waals surface area contributed by atoms with Crippen LogP contribution in [0.25, 0.3) is 0 Å². The number of Topliss-reactive ketones (excluding diaryl/α,β-unsaturated/α-hetero) is 1. The second kappa shape index (κ2) is 5.34. The minimum absolute atomic E-state index is 0.0891. The van der Waals surface area contributed by atoms with Crippen LogP contribution in [0.15, 0.2) is 43.0 Å². The first kappa shape index (κ1) is 11.5. The Balaban J connectivity index is 1.95. The summed E-state index contributed by atoms with van der Waals surface area (Å²) in [7, 11) is 0. The molecule has 1 aromatic carbocycles. The van der Waals surface area contributed by atoms with E-state index in [0.29, 0.717) is 12.0 Å². The fourth-order valence-corrected chi connectivity index (χ4v) is 1.60. The molecule has 0 atom stereocenters. The van der Waals surface area contributed by atoms with Crippen molar-refractivity contribution in [2.75, 3.05) is 0 Å². The molecule has 0 aliphatic rings. The molecule has 0 saturated heterocycles. The van der Waals surface area contributed by atoms with Crippen LogP contribution in [0.3, 0.4) is 0 Å². The van der Waals surface area contributed by atoms with E-state index in [2.05, 4.69) is 41.2 Å². The quantitative estimate of drug-likeness (QED) is 0.752. The lowest BCUT2D eigenvalue weighted by Gasteiger charge is -2.01. The van der Waals surface area contributed by atoms with E-state index in [9.17, 15) is 4.79 Å². The summed E-state index contributed by atoms with van der Waals surface area (Å²) in [4.78, 5) is 19.5. The molecule has 0 radical (unpaired) electrons. The minimum atomic E-state index is 0.0891. The van der Waals surface area contributed by atoms with Crippen LogP contribution in [0, 0.1) is 6.92 Å². The Morgan fingerprint density at radius 2 is 1.76 bits per heavy atom. The van der Waals surface area contributed by atoms with Crippen molar-refractivity contribution in [3.8, 4) is 0 Å². The summed E-state index contributed by atoms with van der Waals surface area (Å²) in [5.74, 6) is 0.0891. The predicted octanol–water partition coefficient (Wildman–Crippen LogP) is 2.60. The highest BCUT2D eigenvalue weighted by atomic mass is 16.1. The predicted molar refractivity (Wildman–Crippen MR) is 65.9 cm³/mol. The van der Waals surface area contributed by atoms with Crippen molar-refractivity contribution in [2.24, 2.45) is 0 Å². The maximum absolute atomic E-state index is 11.8. The molecule has 2 aromatic rings. The average molecular weight is 226 g/mol. The van der Waals surface area contributed by atoms with E-state index in [1.807, 2.05) is 0 Å². The van der Waals surface area contributed by atoms with E-state index in [4.69, 9.17) is 0 Å². The first-order valence-electron chi connectivity index (χ1n) is 5.59. The third-order valence-corrected chi connectivity index (χ3v) is 2.64. The van der Waals surface area contributed by atoms with E-state index in [1.165, 1.54) is 17.5 Å². The number of hydrogen-bond acceptors (Lipinski definition) is 3. The normalized spacial score (nSPS) is 10.2. The highest BCUT2D eigenvalue weighted by molar-refractivity contribution is 5.95. The number of aromatic nitrogens is 2. The molecule has 1 heterocycles. The lowest BCUT2D eigenvalue weighted by atomic mass is 10.0. The highest BCUT2D eigenvalue weighted by Crippen LogP contribution is 2.08. The van der Waals surface area contributed by atoms with Gasteiger partial charge in [-0.3, -0.25) is 4.79 Å². The molecule has 86 valence electrons. The van der Waals surface area contributed by atoms with Crippen LogP contribution >= 0.6 is 0 Å². The number of aryl methyl sites for hydroxylation is 2. The standard InChI is InChI=1S/C14H14N2O/c1-11-2-4-12(5-3-11)6-7-14(17)13-8-15-10-16-9-13/h2-5,8-10H,6-7H2,1H3. The molecule has 0 saturated carbocycles. The smallest absolute Gasteiger partial charge is 0.166 e. The van der Waals surface area contributed by atoms with E-state index in [-0.39, 0.29) is 5.78 Å². The number of carbonyl (C=O) groups is 1. The summed E-state index contributed by atoms with van der Waals surface area (Å²) in [6, 6.07) is 8.24. The molecule has 0 bridgehead atoms. The summed E-state index contributed by atoms with van der Waals surface area (Å²) in [6.45, 7) is 2.05. The van der Waals surface area contributed by atoms with Gasteiger partial charge in [0.1, 0.15) is 6.33 Å². The van der Waals surface area contributed by atoms with Crippen LogP contribution in [0.1, 0.15) is 27.9 Å². The Morgan fingerprint density at radius 1 is 1.12 bits per heavy atom. The first-order valence-corrected chi connectivity index (χ1v) is 5.59. The molecule has 0 unspecified atom stereocenters. The number of benzene rings is 1. The molecule has 3 nitrogen and oxygen atoms in total. The van der Waals surface area contributed by atoms with Gasteiger partial charge >= 0.3 is 0 Å². The van der Waals surface area contributed by atoms with Crippen molar-refractivity contribution >= 4 is 5.78 Å². The number of rotatable bonds is 4. The molecule has 3 heteroatoms. The van der Waals surface area contributed by atoms with E-state index in [1.54, 1.807) is 12.4 Å². The topological polar surface area (TPSA) is 42.9 Å². The van der Waals surface area contributed by atoms with Gasteiger partial charge < -0.3 is 0 Å². The monoisotopic (exact) mass is 226 g/mol. The van der Waals surface area contributed by atoms with E-state index in [0.717, 1.165) is 6.42 Å². The van der Waals surface area contributed by atoms with Crippen molar-refractivity contribution in [1.29, 1.82) is 0 Å². The molecular formula is C14H14N2O. The van der Waals surface area contributed by atoms with E-state index < -0.39 is 0 Å². The van der Waals surface area contributed by atoms with Gasteiger partial charge in [0, 0.05) is 18.8 Å². The summed E-state index contributed by atoms with van der Waals surface area (Å²) in [5.41, 5.74) is 3.00. The van der Waals surface area contributed by atoms with Gasteiger partial charge in [-0.25, -0.2) is 9.97 Å². The maximum Gasteiger partial charge on any atom is 0.166 e. The molecule has 0 N–H and O–H groups in total. The molecule has 1 aromatic heterocycles. The zero-order valence-corrected chi connectivity index (χ0v) is 9.76. The number of nitrogens with zero attached hydrogens (tertiary/aromatic N) is 2. The van der Waals surface area contributed by atoms with Gasteiger partial charge in [0.15, 0.2) is 5.78 Å². The van der Waals surface area contributed by atoms with Gasteiger partial charge in [-0.1, -0.05) is 29.8 Å². The Bertz CT molecular complexity index is 491. The lowest BCUT2D eigenvalue weighted by Crippen LogP contribution is -2.02. The largest absolute Gasteiger partial charge is 0.294 e. The zero-order chi connectivity index (χ0) is 12.1. The third-order valence-electron chi connectivity index (χ3n) is 2.64. The number of carbonyl (C=O) groups excluding carboxylic acids is 1. The minimum Gasteiger partial charge on any atom is -0.294 e. The lowest BCUT2D eigenvalue weighted by molar-refractivity contribution is 0.0982. The average Bonchev–Trinajstić information content (AvgIpc) is 2.39. The second-order valence-corrected chi connectivity index (χ2v) is 4.04. The number of ketones is 1. The Morgan fingerprint density at radius 3 is 2.41 bits per heavy atom. The molecular weight excluding hydrogens is 212 g/mol. The maximum atomic E-state index is 11.8. The van der Waals surface area contributed by atoms with Crippen molar-refractivity contribution in [3.05, 3.63) is 59.7 Å². The van der Waals surface area contributed by atoms with Crippen molar-refractivity contribution in [3.63, 3.8) is 0 Å². The van der Waals surface area contributed by atoms with Gasteiger partial charge in [-0.05, 0) is 18.9 Å². The van der Waals surface area contributed by atoms with Gasteiger partial charge in [-0.15, -0.1) is 0 Å². The van der Waals surface area contributed by atoms with Crippen LogP contribution in [0.2, 0.25) is 0 Å². The van der Waals surface area contributed by atoms with Crippen molar-refractivity contribution in [2.45, 2.75) is 19.8 Å². The summed E-state index contributed by atoms with van der Waals surface area (Å²) in [5, 5.41) is 0. The highest BCUT2D eigenvalue weighted by Gasteiger charge is 2.06. The number of hydrogen-bond donors (Lipinski definition) is 0. The Hall–Kier alpha value is -2.03. The summed E-state index contributed by atoms with van der Waals surface area (Å²) < 4.78 is 0. The Labute approximate surface area is 101 Å². The fourth-order valence-electron chi connectivity index (χ4n) is 1.60. The fraction of sp³-hybridized carbons (Fsp3) is 0.214. The van der Waals surface area contributed by atoms with Crippen LogP contribution < -0.4 is 0 Å². The van der Waals surface area contributed by atoms with Crippen LogP contribution in [0.5, 0.6) is 0 Å². The third kappa shape index (κ3) is 3.21. The molecule has 0 fully saturated rings. The van der Waals surface area contributed by atoms with Crippen LogP contribution in [-0.2, 0) is 6.42 Å². The SMILES string of the molecule is Cc1ccc(CCC(=O)c2cncnc2)cc1. The Kier molecular flexibility index (Phi) is 3.60. The summed E-state index contributed by atoms with van der Waals surface area (Å²) >= 11 is 0. The second-order valence-electron chi connectivity index (χ2n) is 4.04. The zero-order valence-electron chi connectivity index (χ0n) is 9.76. The van der Waals surface area contributed by atoms with Gasteiger partial charge in [0.05, 0.1) is 5.56 Å². The van der Waals surface area contributed by atoms with E-state index >= 15 is 0 Å². The van der Waals surface area contributed by atoms with Gasteiger partial charge in [0.25, 0.3) is 0 Å². The van der Waals surface area contributed by atoms with Crippen LogP contribution in [0.4, 0.5) is 0 Å².